The van der Waals surface area contributed by atoms with Gasteiger partial charge in [0.25, 0.3) is 5.91 Å². The highest BCUT2D eigenvalue weighted by Crippen LogP contribution is 2.13. The average Bonchev–Trinajstić information content (AvgIpc) is 2.68. The third-order valence-corrected chi connectivity index (χ3v) is 2.70. The van der Waals surface area contributed by atoms with E-state index in [1.54, 1.807) is 10.9 Å². The SMILES string of the molecule is Cl.NC(=O)c1cn(CC2CCNCC2)nn1. The lowest BCUT2D eigenvalue weighted by molar-refractivity contribution is 0.0995. The van der Waals surface area contributed by atoms with Crippen LogP contribution < -0.4 is 11.1 Å². The molecule has 6 nitrogen and oxygen atoms in total. The molecule has 1 aliphatic heterocycles. The molecule has 0 spiro atoms. The van der Waals surface area contributed by atoms with Gasteiger partial charge in [-0.25, -0.2) is 0 Å². The number of halogens is 1. The van der Waals surface area contributed by atoms with Crippen molar-refractivity contribution in [3.63, 3.8) is 0 Å². The number of piperidine rings is 1. The summed E-state index contributed by atoms with van der Waals surface area (Å²) in [5.74, 6) is 0.0974. The Morgan fingerprint density at radius 2 is 2.25 bits per heavy atom. The standard InChI is InChI=1S/C9H15N5O.ClH/c10-9(15)8-6-14(13-12-8)5-7-1-3-11-4-2-7;/h6-7,11H,1-5H2,(H2,10,15);1H. The van der Waals surface area contributed by atoms with Crippen molar-refractivity contribution in [1.82, 2.24) is 20.3 Å². The van der Waals surface area contributed by atoms with E-state index in [1.807, 2.05) is 0 Å². The largest absolute Gasteiger partial charge is 0.364 e. The summed E-state index contributed by atoms with van der Waals surface area (Å²) in [5, 5.41) is 10.9. The molecule has 1 aliphatic rings. The molecule has 2 heterocycles. The molecule has 0 unspecified atom stereocenters. The Bertz CT molecular complexity index is 347. The molecule has 2 rings (SSSR count). The van der Waals surface area contributed by atoms with Gasteiger partial charge in [-0.2, -0.15) is 0 Å². The van der Waals surface area contributed by atoms with Crippen LogP contribution in [0.4, 0.5) is 0 Å². The van der Waals surface area contributed by atoms with Crippen molar-refractivity contribution < 1.29 is 4.79 Å². The summed E-state index contributed by atoms with van der Waals surface area (Å²) < 4.78 is 1.70. The molecule has 0 aliphatic carbocycles. The first-order valence-corrected chi connectivity index (χ1v) is 5.16. The Kier molecular flexibility index (Phi) is 4.70. The lowest BCUT2D eigenvalue weighted by Crippen LogP contribution is -2.30. The Balaban J connectivity index is 0.00000128. The molecule has 3 N–H and O–H groups in total. The second kappa shape index (κ2) is 5.81. The molecule has 0 radical (unpaired) electrons. The first-order valence-electron chi connectivity index (χ1n) is 5.16. The highest BCUT2D eigenvalue weighted by molar-refractivity contribution is 5.90. The van der Waals surface area contributed by atoms with E-state index in [9.17, 15) is 4.79 Å². The number of hydrogen-bond acceptors (Lipinski definition) is 4. The second-order valence-corrected chi connectivity index (χ2v) is 3.88. The molecular formula is C9H16ClN5O. The Labute approximate surface area is 100.0 Å². The summed E-state index contributed by atoms with van der Waals surface area (Å²) in [4.78, 5) is 10.8. The summed E-state index contributed by atoms with van der Waals surface area (Å²) in [6.45, 7) is 2.94. The molecule has 1 amide bonds. The van der Waals surface area contributed by atoms with E-state index in [-0.39, 0.29) is 18.1 Å². The topological polar surface area (TPSA) is 85.8 Å². The van der Waals surface area contributed by atoms with Crippen LogP contribution in [-0.2, 0) is 6.54 Å². The molecular weight excluding hydrogens is 230 g/mol. The maximum absolute atomic E-state index is 10.8. The predicted octanol–water partition coefficient (Wildman–Crippen LogP) is -0.202. The number of primary amides is 1. The number of aromatic nitrogens is 3. The van der Waals surface area contributed by atoms with Crippen LogP contribution in [0.15, 0.2) is 6.20 Å². The molecule has 1 saturated heterocycles. The molecule has 1 aromatic rings. The van der Waals surface area contributed by atoms with Crippen LogP contribution in [0.25, 0.3) is 0 Å². The molecule has 90 valence electrons. The van der Waals surface area contributed by atoms with Crippen molar-refractivity contribution >= 4 is 18.3 Å². The molecule has 1 aromatic heterocycles. The summed E-state index contributed by atoms with van der Waals surface area (Å²) in [6, 6.07) is 0. The fourth-order valence-electron chi connectivity index (χ4n) is 1.83. The van der Waals surface area contributed by atoms with Crippen molar-refractivity contribution in [1.29, 1.82) is 0 Å². The fraction of sp³-hybridized carbons (Fsp3) is 0.667. The van der Waals surface area contributed by atoms with Crippen molar-refractivity contribution in [2.75, 3.05) is 13.1 Å². The van der Waals surface area contributed by atoms with E-state index < -0.39 is 5.91 Å². The fourth-order valence-corrected chi connectivity index (χ4v) is 1.83. The number of carbonyl (C=O) groups excluding carboxylic acids is 1. The van der Waals surface area contributed by atoms with Crippen LogP contribution >= 0.6 is 12.4 Å². The smallest absolute Gasteiger partial charge is 0.270 e. The number of rotatable bonds is 3. The summed E-state index contributed by atoms with van der Waals surface area (Å²) >= 11 is 0. The zero-order chi connectivity index (χ0) is 10.7. The van der Waals surface area contributed by atoms with E-state index in [0.717, 1.165) is 32.5 Å². The lowest BCUT2D eigenvalue weighted by atomic mass is 9.98. The van der Waals surface area contributed by atoms with Gasteiger partial charge in [-0.15, -0.1) is 17.5 Å². The Hall–Kier alpha value is -1.14. The van der Waals surface area contributed by atoms with E-state index in [2.05, 4.69) is 15.6 Å². The van der Waals surface area contributed by atoms with Crippen molar-refractivity contribution in [2.45, 2.75) is 19.4 Å². The van der Waals surface area contributed by atoms with Crippen LogP contribution in [-0.4, -0.2) is 34.0 Å². The van der Waals surface area contributed by atoms with Crippen molar-refractivity contribution in [3.05, 3.63) is 11.9 Å². The van der Waals surface area contributed by atoms with Gasteiger partial charge in [0.15, 0.2) is 5.69 Å². The van der Waals surface area contributed by atoms with Gasteiger partial charge in [0.2, 0.25) is 0 Å². The minimum atomic E-state index is -0.522. The summed E-state index contributed by atoms with van der Waals surface area (Å²) in [6.07, 6.45) is 3.90. The monoisotopic (exact) mass is 245 g/mol. The molecule has 0 saturated carbocycles. The number of nitrogens with zero attached hydrogens (tertiary/aromatic N) is 3. The zero-order valence-electron chi connectivity index (χ0n) is 8.93. The number of nitrogens with one attached hydrogen (secondary N) is 1. The van der Waals surface area contributed by atoms with Crippen molar-refractivity contribution in [2.24, 2.45) is 11.7 Å². The minimum absolute atomic E-state index is 0. The maximum atomic E-state index is 10.8. The first kappa shape index (κ1) is 12.9. The van der Waals surface area contributed by atoms with Crippen LogP contribution in [0.5, 0.6) is 0 Å². The number of carbonyl (C=O) groups is 1. The Morgan fingerprint density at radius 3 is 2.81 bits per heavy atom. The molecule has 1 fully saturated rings. The average molecular weight is 246 g/mol. The van der Waals surface area contributed by atoms with Crippen LogP contribution in [0.3, 0.4) is 0 Å². The zero-order valence-corrected chi connectivity index (χ0v) is 9.74. The molecule has 0 aromatic carbocycles. The number of amides is 1. The van der Waals surface area contributed by atoms with Crippen LogP contribution in [0.2, 0.25) is 0 Å². The van der Waals surface area contributed by atoms with Gasteiger partial charge in [0, 0.05) is 6.54 Å². The van der Waals surface area contributed by atoms with Crippen LogP contribution in [0.1, 0.15) is 23.3 Å². The molecule has 16 heavy (non-hydrogen) atoms. The Morgan fingerprint density at radius 1 is 1.56 bits per heavy atom. The normalized spacial score (nSPS) is 16.8. The second-order valence-electron chi connectivity index (χ2n) is 3.88. The lowest BCUT2D eigenvalue weighted by Gasteiger charge is -2.21. The number of hydrogen-bond donors (Lipinski definition) is 2. The van der Waals surface area contributed by atoms with Gasteiger partial charge < -0.3 is 11.1 Å². The third-order valence-electron chi connectivity index (χ3n) is 2.70. The minimum Gasteiger partial charge on any atom is -0.364 e. The summed E-state index contributed by atoms with van der Waals surface area (Å²) in [7, 11) is 0. The van der Waals surface area contributed by atoms with E-state index in [0.29, 0.717) is 5.92 Å². The quantitative estimate of drug-likeness (QED) is 0.772. The van der Waals surface area contributed by atoms with Crippen molar-refractivity contribution in [3.8, 4) is 0 Å². The van der Waals surface area contributed by atoms with Gasteiger partial charge in [-0.3, -0.25) is 9.48 Å². The third kappa shape index (κ3) is 3.18. The van der Waals surface area contributed by atoms with Gasteiger partial charge in [0.1, 0.15) is 0 Å². The first-order chi connectivity index (χ1) is 7.25. The van der Waals surface area contributed by atoms with Gasteiger partial charge in [-0.1, -0.05) is 5.21 Å². The summed E-state index contributed by atoms with van der Waals surface area (Å²) in [5.41, 5.74) is 5.34. The van der Waals surface area contributed by atoms with Crippen LogP contribution in [0, 0.1) is 5.92 Å². The van der Waals surface area contributed by atoms with E-state index in [1.165, 1.54) is 0 Å². The number of nitrogens with two attached hydrogens (primary N) is 1. The highest BCUT2D eigenvalue weighted by atomic mass is 35.5. The van der Waals surface area contributed by atoms with Gasteiger partial charge in [-0.05, 0) is 31.8 Å². The van der Waals surface area contributed by atoms with E-state index in [4.69, 9.17) is 5.73 Å². The van der Waals surface area contributed by atoms with Gasteiger partial charge in [0.05, 0.1) is 6.20 Å². The highest BCUT2D eigenvalue weighted by Gasteiger charge is 2.15. The molecule has 0 atom stereocenters. The molecule has 0 bridgehead atoms. The maximum Gasteiger partial charge on any atom is 0.270 e. The molecule has 7 heteroatoms. The van der Waals surface area contributed by atoms with Gasteiger partial charge >= 0.3 is 0 Å². The predicted molar refractivity (Wildman–Crippen MR) is 61.4 cm³/mol. The van der Waals surface area contributed by atoms with E-state index >= 15 is 0 Å².